The lowest BCUT2D eigenvalue weighted by atomic mass is 9.37. The minimum atomic E-state index is -1.58. The Kier molecular flexibility index (Phi) is 10.9. The van der Waals surface area contributed by atoms with E-state index in [9.17, 15) is 15.0 Å². The molecule has 2 fully saturated rings. The van der Waals surface area contributed by atoms with Crippen LogP contribution in [0.5, 0.6) is 11.5 Å². The number of hydrogen-bond acceptors (Lipinski definition) is 6. The first-order valence-corrected chi connectivity index (χ1v) is 16.0. The molecule has 6 nitrogen and oxygen atoms in total. The number of aliphatic hydroxyl groups is 1. The molecular weight excluding hydrogens is 564 g/mol. The molecule has 2 aliphatic carbocycles. The van der Waals surface area contributed by atoms with Crippen molar-refractivity contribution in [2.75, 3.05) is 7.11 Å². The molecule has 4 atom stereocenters. The standard InChI is InChI=1S/C39H52O6/c1-24(2)12-11-19-37(9)29(15-13-25(3)4)23-38(20-17-26(5)6)34(42)32(33(41)28-14-16-31(45-10)30(40)22-28)35(43)39(37,36(38)44)21-18-27(7)8/h12-14,16-18,22,29,40-41H,11,15,19-21,23H2,1-10H3/t29-,37+,38-,39+/m0/s1. The molecular formula is C39H52O6. The van der Waals surface area contributed by atoms with E-state index in [1.807, 2.05) is 67.5 Å². The summed E-state index contributed by atoms with van der Waals surface area (Å²) >= 11 is 0. The first kappa shape index (κ1) is 35.8. The van der Waals surface area contributed by atoms with Crippen molar-refractivity contribution in [1.29, 1.82) is 0 Å². The number of ether oxygens (including phenoxy) is 1. The van der Waals surface area contributed by atoms with E-state index in [2.05, 4.69) is 19.1 Å². The molecule has 0 radical (unpaired) electrons. The molecule has 0 heterocycles. The third-order valence-electron chi connectivity index (χ3n) is 9.96. The highest BCUT2D eigenvalue weighted by Crippen LogP contribution is 2.67. The maximum atomic E-state index is 15.2. The Labute approximate surface area is 269 Å². The van der Waals surface area contributed by atoms with E-state index < -0.39 is 33.6 Å². The second kappa shape index (κ2) is 13.8. The Balaban J connectivity index is 2.51. The van der Waals surface area contributed by atoms with E-state index in [1.165, 1.54) is 25.3 Å². The van der Waals surface area contributed by atoms with Crippen molar-refractivity contribution in [2.45, 2.75) is 101 Å². The lowest BCUT2D eigenvalue weighted by molar-refractivity contribution is -0.178. The summed E-state index contributed by atoms with van der Waals surface area (Å²) < 4.78 is 5.17. The normalized spacial score (nSPS) is 27.0. The number of carbonyl (C=O) groups is 3. The first-order valence-electron chi connectivity index (χ1n) is 16.0. The lowest BCUT2D eigenvalue weighted by Crippen LogP contribution is -2.70. The summed E-state index contributed by atoms with van der Waals surface area (Å²) in [6.45, 7) is 17.9. The van der Waals surface area contributed by atoms with Crippen molar-refractivity contribution in [2.24, 2.45) is 22.2 Å². The summed E-state index contributed by atoms with van der Waals surface area (Å²) in [4.78, 5) is 45.2. The number of aromatic hydroxyl groups is 1. The maximum absolute atomic E-state index is 15.2. The Morgan fingerprint density at radius 2 is 1.44 bits per heavy atom. The molecule has 2 saturated carbocycles. The third-order valence-corrected chi connectivity index (χ3v) is 9.96. The van der Waals surface area contributed by atoms with Gasteiger partial charge in [0.15, 0.2) is 28.8 Å². The van der Waals surface area contributed by atoms with Crippen LogP contribution in [0.15, 0.2) is 70.4 Å². The van der Waals surface area contributed by atoms with Crippen LogP contribution in [0.4, 0.5) is 0 Å². The molecule has 2 aliphatic rings. The van der Waals surface area contributed by atoms with Gasteiger partial charge in [0.1, 0.15) is 16.7 Å². The monoisotopic (exact) mass is 616 g/mol. The molecule has 0 amide bonds. The average Bonchev–Trinajstić information content (AvgIpc) is 2.95. The summed E-state index contributed by atoms with van der Waals surface area (Å²) in [5.41, 5.74) is 0.0455. The van der Waals surface area contributed by atoms with E-state index in [-0.39, 0.29) is 53.6 Å². The number of phenols is 1. The number of allylic oxidation sites excluding steroid dienone is 9. The fourth-order valence-electron chi connectivity index (χ4n) is 7.29. The van der Waals surface area contributed by atoms with Gasteiger partial charge in [0.25, 0.3) is 0 Å². The molecule has 2 N–H and O–H groups in total. The fraction of sp³-hybridized carbons (Fsp3) is 0.513. The van der Waals surface area contributed by atoms with Gasteiger partial charge in [0.2, 0.25) is 0 Å². The van der Waals surface area contributed by atoms with Crippen LogP contribution >= 0.6 is 0 Å². The maximum Gasteiger partial charge on any atom is 0.184 e. The van der Waals surface area contributed by atoms with Crippen LogP contribution in [0.25, 0.3) is 5.76 Å². The summed E-state index contributed by atoms with van der Waals surface area (Å²) in [5, 5.41) is 22.3. The van der Waals surface area contributed by atoms with Gasteiger partial charge in [-0.3, -0.25) is 14.4 Å². The average molecular weight is 617 g/mol. The van der Waals surface area contributed by atoms with E-state index in [0.29, 0.717) is 19.3 Å². The summed E-state index contributed by atoms with van der Waals surface area (Å²) in [6, 6.07) is 4.26. The molecule has 0 spiro atoms. The minimum absolute atomic E-state index is 0.111. The predicted octanol–water partition coefficient (Wildman–Crippen LogP) is 9.21. The van der Waals surface area contributed by atoms with Crippen LogP contribution in [0.2, 0.25) is 0 Å². The van der Waals surface area contributed by atoms with Gasteiger partial charge in [-0.05, 0) is 123 Å². The minimum Gasteiger partial charge on any atom is -0.506 e. The zero-order valence-corrected chi connectivity index (χ0v) is 28.9. The number of phenolic OH excluding ortho intramolecular Hbond substituents is 1. The van der Waals surface area contributed by atoms with Crippen molar-refractivity contribution < 1.29 is 29.3 Å². The van der Waals surface area contributed by atoms with Crippen LogP contribution in [-0.4, -0.2) is 34.7 Å². The molecule has 0 aromatic heterocycles. The van der Waals surface area contributed by atoms with Gasteiger partial charge in [-0.2, -0.15) is 0 Å². The number of rotatable bonds is 11. The van der Waals surface area contributed by atoms with Gasteiger partial charge < -0.3 is 14.9 Å². The Morgan fingerprint density at radius 1 is 0.867 bits per heavy atom. The van der Waals surface area contributed by atoms with E-state index in [0.717, 1.165) is 22.3 Å². The molecule has 3 rings (SSSR count). The van der Waals surface area contributed by atoms with Crippen molar-refractivity contribution >= 4 is 23.1 Å². The number of ketones is 3. The summed E-state index contributed by atoms with van der Waals surface area (Å²) in [6.07, 6.45) is 10.6. The highest BCUT2D eigenvalue weighted by atomic mass is 16.5. The molecule has 45 heavy (non-hydrogen) atoms. The summed E-state index contributed by atoms with van der Waals surface area (Å²) in [5.74, 6) is -2.30. The van der Waals surface area contributed by atoms with Crippen LogP contribution in [0.1, 0.15) is 106 Å². The van der Waals surface area contributed by atoms with Crippen LogP contribution in [-0.2, 0) is 14.4 Å². The highest BCUT2D eigenvalue weighted by Gasteiger charge is 2.74. The number of aliphatic hydroxyl groups excluding tert-OH is 1. The Morgan fingerprint density at radius 3 is 1.98 bits per heavy atom. The van der Waals surface area contributed by atoms with Crippen molar-refractivity contribution in [3.63, 3.8) is 0 Å². The molecule has 1 aromatic rings. The topological polar surface area (TPSA) is 101 Å². The quantitative estimate of drug-likeness (QED) is 0.0845. The SMILES string of the molecule is COc1ccc(C(O)=C2C(=O)[C@]3(CC=C(C)C)C[C@H](CC=C(C)C)[C@@](C)(CCC=C(C)C)[C@](CC=C(C)C)(C2=O)C3=O)cc1O. The van der Waals surface area contributed by atoms with E-state index >= 15 is 9.59 Å². The predicted molar refractivity (Wildman–Crippen MR) is 181 cm³/mol. The van der Waals surface area contributed by atoms with E-state index in [1.54, 1.807) is 0 Å². The zero-order valence-electron chi connectivity index (χ0n) is 28.9. The number of fused-ring (bicyclic) bond motifs is 2. The largest absolute Gasteiger partial charge is 0.506 e. The molecule has 1 aromatic carbocycles. The second-order valence-corrected chi connectivity index (χ2v) is 14.2. The van der Waals surface area contributed by atoms with Crippen molar-refractivity contribution in [3.8, 4) is 11.5 Å². The first-order chi connectivity index (χ1) is 21.0. The van der Waals surface area contributed by atoms with Crippen LogP contribution in [0.3, 0.4) is 0 Å². The number of methoxy groups -OCH3 is 1. The van der Waals surface area contributed by atoms with Gasteiger partial charge >= 0.3 is 0 Å². The number of carbonyl (C=O) groups excluding carboxylic acids is 3. The molecule has 6 heteroatoms. The van der Waals surface area contributed by atoms with Gasteiger partial charge in [-0.1, -0.05) is 53.5 Å². The Bertz CT molecular complexity index is 1500. The van der Waals surface area contributed by atoms with Crippen molar-refractivity contribution in [3.05, 3.63) is 75.9 Å². The number of Topliss-reactive ketones (excluding diaryl/α,β-unsaturated/α-hetero) is 3. The molecule has 0 saturated heterocycles. The molecule has 2 bridgehead atoms. The van der Waals surface area contributed by atoms with Gasteiger partial charge in [0.05, 0.1) is 12.5 Å². The van der Waals surface area contributed by atoms with Crippen molar-refractivity contribution in [1.82, 2.24) is 0 Å². The van der Waals surface area contributed by atoms with Gasteiger partial charge in [-0.25, -0.2) is 0 Å². The molecule has 0 aliphatic heterocycles. The number of hydrogen-bond donors (Lipinski definition) is 2. The van der Waals surface area contributed by atoms with Crippen LogP contribution in [0, 0.1) is 22.2 Å². The van der Waals surface area contributed by atoms with Gasteiger partial charge in [0, 0.05) is 5.56 Å². The van der Waals surface area contributed by atoms with E-state index in [4.69, 9.17) is 4.74 Å². The second-order valence-electron chi connectivity index (χ2n) is 14.2. The van der Waals surface area contributed by atoms with Crippen LogP contribution < -0.4 is 4.74 Å². The lowest BCUT2D eigenvalue weighted by Gasteiger charge is -2.61. The smallest absolute Gasteiger partial charge is 0.184 e. The third kappa shape index (κ3) is 6.52. The fourth-order valence-corrected chi connectivity index (χ4v) is 7.29. The molecule has 0 unspecified atom stereocenters. The Hall–Kier alpha value is -3.67. The molecule has 244 valence electrons. The summed E-state index contributed by atoms with van der Waals surface area (Å²) in [7, 11) is 1.41. The highest BCUT2D eigenvalue weighted by molar-refractivity contribution is 6.41. The van der Waals surface area contributed by atoms with Gasteiger partial charge in [-0.15, -0.1) is 0 Å². The zero-order chi connectivity index (χ0) is 33.9. The number of benzene rings is 1.